The lowest BCUT2D eigenvalue weighted by atomic mass is 10.1. The van der Waals surface area contributed by atoms with Crippen LogP contribution in [0.2, 0.25) is 0 Å². The molecular formula is C10H16N2O5S. The van der Waals surface area contributed by atoms with Gasteiger partial charge in [0.05, 0.1) is 0 Å². The second kappa shape index (κ2) is 5.78. The molecule has 0 rings (SSSR count). The van der Waals surface area contributed by atoms with Crippen molar-refractivity contribution < 1.29 is 22.6 Å². The molecule has 0 radical (unpaired) electrons. The maximum Gasteiger partial charge on any atom is 0.309 e. The Morgan fingerprint density at radius 3 is 1.67 bits per heavy atom. The number of carbonyl (C=O) groups is 2. The summed E-state index contributed by atoms with van der Waals surface area (Å²) in [4.78, 5) is 20.2. The zero-order valence-corrected chi connectivity index (χ0v) is 11.0. The molecule has 0 bridgehead atoms. The highest BCUT2D eigenvalue weighted by atomic mass is 32.2. The number of amides is 2. The van der Waals surface area contributed by atoms with E-state index in [0.29, 0.717) is 0 Å². The van der Waals surface area contributed by atoms with Crippen LogP contribution in [0.1, 0.15) is 13.8 Å². The minimum Gasteiger partial charge on any atom is -0.315 e. The number of nitrogens with one attached hydrogen (secondary N) is 2. The van der Waals surface area contributed by atoms with Gasteiger partial charge in [0, 0.05) is 5.92 Å². The summed E-state index contributed by atoms with van der Waals surface area (Å²) in [7, 11) is -4.80. The van der Waals surface area contributed by atoms with E-state index in [2.05, 4.69) is 13.2 Å². The predicted molar refractivity (Wildman–Crippen MR) is 65.8 cm³/mol. The van der Waals surface area contributed by atoms with Crippen molar-refractivity contribution in [3.63, 3.8) is 0 Å². The summed E-state index contributed by atoms with van der Waals surface area (Å²) in [6.45, 7) is 9.13. The van der Waals surface area contributed by atoms with E-state index >= 15 is 0 Å². The van der Waals surface area contributed by atoms with Crippen molar-refractivity contribution in [2.75, 3.05) is 0 Å². The van der Waals surface area contributed by atoms with Crippen LogP contribution in [0.4, 0.5) is 0 Å². The smallest absolute Gasteiger partial charge is 0.309 e. The summed E-state index contributed by atoms with van der Waals surface area (Å²) in [6, 6.07) is 0. The van der Waals surface area contributed by atoms with Crippen molar-refractivity contribution in [2.45, 2.75) is 18.8 Å². The quantitative estimate of drug-likeness (QED) is 0.353. The minimum atomic E-state index is -4.80. The van der Waals surface area contributed by atoms with Crippen LogP contribution in [0.3, 0.4) is 0 Å². The summed E-state index contributed by atoms with van der Waals surface area (Å²) in [5.41, 5.74) is 0. The molecule has 0 fully saturated rings. The molecule has 0 aliphatic carbocycles. The Morgan fingerprint density at radius 2 is 1.50 bits per heavy atom. The first-order chi connectivity index (χ1) is 8.10. The van der Waals surface area contributed by atoms with E-state index in [-0.39, 0.29) is 0 Å². The van der Waals surface area contributed by atoms with Crippen molar-refractivity contribution in [3.05, 3.63) is 25.3 Å². The van der Waals surface area contributed by atoms with Crippen LogP contribution in [-0.4, -0.2) is 29.8 Å². The Balaban J connectivity index is 5.73. The van der Waals surface area contributed by atoms with Crippen molar-refractivity contribution in [3.8, 4) is 0 Å². The van der Waals surface area contributed by atoms with Gasteiger partial charge in [-0.3, -0.25) is 14.1 Å². The van der Waals surface area contributed by atoms with Crippen LogP contribution in [0, 0.1) is 5.92 Å². The second-order valence-corrected chi connectivity index (χ2v) is 5.35. The highest BCUT2D eigenvalue weighted by Gasteiger charge is 2.48. The maximum atomic E-state index is 11.5. The molecule has 0 atom stereocenters. The normalized spacial score (nSPS) is 11.8. The van der Waals surface area contributed by atoms with Gasteiger partial charge in [-0.1, -0.05) is 27.0 Å². The average molecular weight is 276 g/mol. The van der Waals surface area contributed by atoms with Crippen molar-refractivity contribution >= 4 is 21.9 Å². The van der Waals surface area contributed by atoms with Crippen LogP contribution in [0.25, 0.3) is 0 Å². The monoisotopic (exact) mass is 276 g/mol. The van der Waals surface area contributed by atoms with E-state index in [0.717, 1.165) is 12.2 Å². The molecule has 0 aromatic heterocycles. The van der Waals surface area contributed by atoms with Crippen LogP contribution in [-0.2, 0) is 19.7 Å². The molecule has 0 aromatic rings. The largest absolute Gasteiger partial charge is 0.315 e. The highest BCUT2D eigenvalue weighted by molar-refractivity contribution is 7.87. The molecule has 0 saturated carbocycles. The van der Waals surface area contributed by atoms with Gasteiger partial charge in [-0.25, -0.2) is 0 Å². The molecule has 0 aliphatic rings. The van der Waals surface area contributed by atoms with Gasteiger partial charge in [-0.05, 0) is 12.2 Å². The lowest BCUT2D eigenvalue weighted by Crippen LogP contribution is -2.67. The van der Waals surface area contributed by atoms with Gasteiger partial charge in [0.2, 0.25) is 16.8 Å². The van der Waals surface area contributed by atoms with Crippen LogP contribution in [0.5, 0.6) is 0 Å². The number of hydrogen-bond acceptors (Lipinski definition) is 4. The SMILES string of the molecule is C=CC(=O)NC(NC(=O)C=C)(C(C)C)S(=O)(=O)O. The third-order valence-corrected chi connectivity index (χ3v) is 3.70. The fourth-order valence-corrected chi connectivity index (χ4v) is 2.27. The number of rotatable bonds is 6. The average Bonchev–Trinajstić information content (AvgIpc) is 2.25. The maximum absolute atomic E-state index is 11.5. The Labute approximate surface area is 106 Å². The number of hydrogen-bond donors (Lipinski definition) is 3. The molecule has 2 amide bonds. The van der Waals surface area contributed by atoms with E-state index in [9.17, 15) is 22.6 Å². The summed E-state index contributed by atoms with van der Waals surface area (Å²) in [5, 5.41) is 4.02. The Bertz CT molecular complexity index is 445. The van der Waals surface area contributed by atoms with E-state index in [1.807, 2.05) is 10.6 Å². The molecule has 102 valence electrons. The lowest BCUT2D eigenvalue weighted by molar-refractivity contribution is -0.121. The lowest BCUT2D eigenvalue weighted by Gasteiger charge is -2.35. The zero-order chi connectivity index (χ0) is 14.6. The van der Waals surface area contributed by atoms with E-state index in [1.165, 1.54) is 13.8 Å². The van der Waals surface area contributed by atoms with Gasteiger partial charge in [0.15, 0.2) is 0 Å². The predicted octanol–water partition coefficient (Wildman–Crippen LogP) is -0.212. The molecule has 8 heteroatoms. The van der Waals surface area contributed by atoms with Gasteiger partial charge in [0.1, 0.15) is 0 Å². The summed E-state index contributed by atoms with van der Waals surface area (Å²) < 4.78 is 32.2. The first kappa shape index (κ1) is 16.3. The van der Waals surface area contributed by atoms with Gasteiger partial charge in [-0.2, -0.15) is 8.42 Å². The molecule has 0 saturated heterocycles. The molecule has 0 unspecified atom stereocenters. The first-order valence-electron chi connectivity index (χ1n) is 4.97. The summed E-state index contributed by atoms with van der Waals surface area (Å²) in [5.74, 6) is -2.54. The summed E-state index contributed by atoms with van der Waals surface area (Å²) in [6.07, 6.45) is 1.64. The molecular weight excluding hydrogens is 260 g/mol. The highest BCUT2D eigenvalue weighted by Crippen LogP contribution is 2.20. The van der Waals surface area contributed by atoms with Gasteiger partial charge in [0.25, 0.3) is 0 Å². The Hall–Kier alpha value is -1.67. The third-order valence-electron chi connectivity index (χ3n) is 2.21. The minimum absolute atomic E-state index is 0.822. The Kier molecular flexibility index (Phi) is 5.25. The van der Waals surface area contributed by atoms with Gasteiger partial charge in [-0.15, -0.1) is 0 Å². The molecule has 0 aliphatic heterocycles. The topological polar surface area (TPSA) is 113 Å². The number of carbonyl (C=O) groups excluding carboxylic acids is 2. The second-order valence-electron chi connectivity index (χ2n) is 3.75. The first-order valence-corrected chi connectivity index (χ1v) is 6.41. The zero-order valence-electron chi connectivity index (χ0n) is 10.1. The van der Waals surface area contributed by atoms with Gasteiger partial charge >= 0.3 is 10.1 Å². The van der Waals surface area contributed by atoms with Crippen molar-refractivity contribution in [1.29, 1.82) is 0 Å². The molecule has 3 N–H and O–H groups in total. The van der Waals surface area contributed by atoms with E-state index in [4.69, 9.17) is 0 Å². The van der Waals surface area contributed by atoms with Crippen LogP contribution < -0.4 is 10.6 Å². The van der Waals surface area contributed by atoms with E-state index in [1.54, 1.807) is 0 Å². The van der Waals surface area contributed by atoms with Gasteiger partial charge < -0.3 is 10.6 Å². The fourth-order valence-electron chi connectivity index (χ4n) is 1.21. The van der Waals surface area contributed by atoms with Crippen LogP contribution >= 0.6 is 0 Å². The van der Waals surface area contributed by atoms with E-state index < -0.39 is 32.8 Å². The molecule has 0 aromatic carbocycles. The molecule has 7 nitrogen and oxygen atoms in total. The molecule has 18 heavy (non-hydrogen) atoms. The molecule has 0 spiro atoms. The fraction of sp³-hybridized carbons (Fsp3) is 0.400. The summed E-state index contributed by atoms with van der Waals surface area (Å²) >= 11 is 0. The Morgan fingerprint density at radius 1 is 1.17 bits per heavy atom. The molecule has 0 heterocycles. The third kappa shape index (κ3) is 3.41. The van der Waals surface area contributed by atoms with Crippen LogP contribution in [0.15, 0.2) is 25.3 Å². The van der Waals surface area contributed by atoms with Crippen molar-refractivity contribution in [1.82, 2.24) is 10.6 Å². The standard InChI is InChI=1S/C10H16N2O5S/c1-5-8(13)11-10(7(3)4,18(15,16)17)12-9(14)6-2/h5-7H,1-2H2,3-4H3,(H,11,13)(H,12,14)(H,15,16,17). The van der Waals surface area contributed by atoms with Crippen molar-refractivity contribution in [2.24, 2.45) is 5.92 Å².